The minimum absolute atomic E-state index is 0.190. The molecular formula is C21H24O2. The first kappa shape index (κ1) is 15.8. The second kappa shape index (κ2) is 6.99. The Kier molecular flexibility index (Phi) is 4.80. The van der Waals surface area contributed by atoms with Gasteiger partial charge in [0.05, 0.1) is 5.39 Å². The van der Waals surface area contributed by atoms with Crippen molar-refractivity contribution in [3.05, 3.63) is 58.1 Å². The van der Waals surface area contributed by atoms with Gasteiger partial charge in [0.25, 0.3) is 0 Å². The van der Waals surface area contributed by atoms with E-state index in [4.69, 9.17) is 4.42 Å². The molecule has 0 aliphatic heterocycles. The van der Waals surface area contributed by atoms with Crippen LogP contribution >= 0.6 is 0 Å². The monoisotopic (exact) mass is 308 g/mol. The Morgan fingerprint density at radius 2 is 1.70 bits per heavy atom. The molecule has 1 aromatic rings. The van der Waals surface area contributed by atoms with Gasteiger partial charge in [-0.05, 0) is 42.0 Å². The summed E-state index contributed by atoms with van der Waals surface area (Å²) < 4.78 is 5.72. The van der Waals surface area contributed by atoms with Crippen LogP contribution in [0.4, 0.5) is 0 Å². The minimum atomic E-state index is -0.190. The molecule has 2 heteroatoms. The highest BCUT2D eigenvalue weighted by molar-refractivity contribution is 6.03. The normalized spacial score (nSPS) is 11.4. The Morgan fingerprint density at radius 3 is 2.48 bits per heavy atom. The zero-order valence-corrected chi connectivity index (χ0v) is 14.0. The third-order valence-corrected chi connectivity index (χ3v) is 4.52. The van der Waals surface area contributed by atoms with Gasteiger partial charge >= 0.3 is 5.63 Å². The van der Waals surface area contributed by atoms with Crippen molar-refractivity contribution in [3.8, 4) is 11.1 Å². The molecule has 0 amide bonds. The molecule has 0 bridgehead atoms. The average molecular weight is 308 g/mol. The molecule has 2 aliphatic carbocycles. The van der Waals surface area contributed by atoms with Gasteiger partial charge in [0.1, 0.15) is 5.76 Å². The van der Waals surface area contributed by atoms with Gasteiger partial charge in [-0.1, -0.05) is 57.0 Å². The Morgan fingerprint density at radius 1 is 0.957 bits per heavy atom. The zero-order valence-electron chi connectivity index (χ0n) is 14.0. The number of unbranched alkanes of at least 4 members (excludes halogenated alkanes) is 2. The molecule has 0 saturated carbocycles. The van der Waals surface area contributed by atoms with Crippen LogP contribution in [0.25, 0.3) is 21.9 Å². The summed E-state index contributed by atoms with van der Waals surface area (Å²) >= 11 is 0. The van der Waals surface area contributed by atoms with Crippen LogP contribution < -0.4 is 5.63 Å². The van der Waals surface area contributed by atoms with Crippen molar-refractivity contribution in [2.24, 2.45) is 0 Å². The van der Waals surface area contributed by atoms with Crippen LogP contribution in [0, 0.1) is 0 Å². The lowest BCUT2D eigenvalue weighted by atomic mass is 9.98. The second-order valence-corrected chi connectivity index (χ2v) is 6.21. The van der Waals surface area contributed by atoms with Crippen molar-refractivity contribution in [3.63, 3.8) is 0 Å². The fourth-order valence-electron chi connectivity index (χ4n) is 3.30. The molecule has 0 atom stereocenters. The molecule has 23 heavy (non-hydrogen) atoms. The summed E-state index contributed by atoms with van der Waals surface area (Å²) in [5.74, 6) is 0.900. The number of rotatable bonds is 6. The lowest BCUT2D eigenvalue weighted by Crippen LogP contribution is -2.06. The standard InChI is InChI=1S/C21H24O2/c1-3-5-11-17-19(13-6-4-2)23-21(22)18-14-15-10-8-7-9-12-16(15)20(17)18/h7-10,12,14H,3-6,11,13H2,1-2H3. The van der Waals surface area contributed by atoms with Crippen LogP contribution in [-0.4, -0.2) is 0 Å². The molecule has 3 rings (SSSR count). The summed E-state index contributed by atoms with van der Waals surface area (Å²) in [5, 5.41) is 1.85. The van der Waals surface area contributed by atoms with Crippen molar-refractivity contribution in [1.29, 1.82) is 0 Å². The van der Waals surface area contributed by atoms with Crippen LogP contribution in [0.5, 0.6) is 0 Å². The lowest BCUT2D eigenvalue weighted by Gasteiger charge is -2.10. The molecule has 120 valence electrons. The van der Waals surface area contributed by atoms with E-state index in [9.17, 15) is 4.79 Å². The van der Waals surface area contributed by atoms with E-state index in [0.717, 1.165) is 60.6 Å². The van der Waals surface area contributed by atoms with Crippen molar-refractivity contribution in [2.45, 2.75) is 52.4 Å². The summed E-state index contributed by atoms with van der Waals surface area (Å²) in [7, 11) is 0. The predicted molar refractivity (Wildman–Crippen MR) is 96.3 cm³/mol. The Labute approximate surface area is 137 Å². The lowest BCUT2D eigenvalue weighted by molar-refractivity contribution is 0.452. The first-order valence-electron chi connectivity index (χ1n) is 8.72. The molecule has 0 unspecified atom stereocenters. The number of fused-ring (bicyclic) bond motifs is 3. The van der Waals surface area contributed by atoms with Gasteiger partial charge in [-0.15, -0.1) is 0 Å². The largest absolute Gasteiger partial charge is 0.427 e. The molecule has 0 N–H and O–H groups in total. The van der Waals surface area contributed by atoms with E-state index in [0.29, 0.717) is 0 Å². The van der Waals surface area contributed by atoms with Gasteiger partial charge in [0.2, 0.25) is 0 Å². The van der Waals surface area contributed by atoms with Crippen molar-refractivity contribution < 1.29 is 4.42 Å². The maximum atomic E-state index is 12.5. The summed E-state index contributed by atoms with van der Waals surface area (Å²) in [6.45, 7) is 4.37. The number of hydrogen-bond acceptors (Lipinski definition) is 2. The van der Waals surface area contributed by atoms with Gasteiger partial charge in [0, 0.05) is 11.8 Å². The highest BCUT2D eigenvalue weighted by atomic mass is 16.4. The van der Waals surface area contributed by atoms with E-state index in [1.165, 1.54) is 11.1 Å². The molecule has 0 fully saturated rings. The molecule has 2 aliphatic rings. The number of aryl methyl sites for hydroxylation is 2. The zero-order chi connectivity index (χ0) is 16.2. The van der Waals surface area contributed by atoms with Gasteiger partial charge in [-0.3, -0.25) is 0 Å². The molecule has 0 saturated heterocycles. The van der Waals surface area contributed by atoms with E-state index in [1.54, 1.807) is 0 Å². The minimum Gasteiger partial charge on any atom is -0.427 e. The summed E-state index contributed by atoms with van der Waals surface area (Å²) in [4.78, 5) is 12.5. The Bertz CT molecular complexity index is 829. The van der Waals surface area contributed by atoms with Crippen molar-refractivity contribution in [1.82, 2.24) is 0 Å². The fraction of sp³-hybridized carbons (Fsp3) is 0.381. The smallest absolute Gasteiger partial charge is 0.343 e. The van der Waals surface area contributed by atoms with Crippen LogP contribution in [0.2, 0.25) is 0 Å². The third-order valence-electron chi connectivity index (χ3n) is 4.52. The highest BCUT2D eigenvalue weighted by Crippen LogP contribution is 2.36. The fourth-order valence-corrected chi connectivity index (χ4v) is 3.30. The topological polar surface area (TPSA) is 30.2 Å². The molecule has 1 aromatic heterocycles. The van der Waals surface area contributed by atoms with Gasteiger partial charge in [-0.25, -0.2) is 4.79 Å². The first-order chi connectivity index (χ1) is 11.3. The summed E-state index contributed by atoms with van der Waals surface area (Å²) in [6.07, 6.45) is 6.25. The van der Waals surface area contributed by atoms with E-state index in [1.807, 2.05) is 24.3 Å². The summed E-state index contributed by atoms with van der Waals surface area (Å²) in [6, 6.07) is 12.3. The van der Waals surface area contributed by atoms with Crippen molar-refractivity contribution >= 4 is 10.8 Å². The predicted octanol–water partition coefficient (Wildman–Crippen LogP) is 5.58. The van der Waals surface area contributed by atoms with Gasteiger partial charge in [0.15, 0.2) is 0 Å². The maximum Gasteiger partial charge on any atom is 0.343 e. The first-order valence-corrected chi connectivity index (χ1v) is 8.72. The SMILES string of the molecule is CCCCc1oc(=O)c2cc3cccccc-3c2c1CCCC. The van der Waals surface area contributed by atoms with Crippen molar-refractivity contribution in [2.75, 3.05) is 0 Å². The van der Waals surface area contributed by atoms with E-state index < -0.39 is 0 Å². The maximum absolute atomic E-state index is 12.5. The van der Waals surface area contributed by atoms with E-state index >= 15 is 0 Å². The van der Waals surface area contributed by atoms with E-state index in [2.05, 4.69) is 26.0 Å². The quantitative estimate of drug-likeness (QED) is 0.595. The van der Waals surface area contributed by atoms with Gasteiger partial charge in [-0.2, -0.15) is 0 Å². The van der Waals surface area contributed by atoms with Crippen LogP contribution in [0.1, 0.15) is 50.9 Å². The molecular weight excluding hydrogens is 284 g/mol. The van der Waals surface area contributed by atoms with Crippen LogP contribution in [0.3, 0.4) is 0 Å². The third kappa shape index (κ3) is 3.03. The molecule has 1 heterocycles. The summed E-state index contributed by atoms with van der Waals surface area (Å²) in [5.41, 5.74) is 3.34. The Hall–Kier alpha value is -2.09. The highest BCUT2D eigenvalue weighted by Gasteiger charge is 2.19. The average Bonchev–Trinajstić information content (AvgIpc) is 2.76. The van der Waals surface area contributed by atoms with Crippen LogP contribution in [0.15, 0.2) is 45.6 Å². The van der Waals surface area contributed by atoms with Gasteiger partial charge < -0.3 is 4.42 Å². The van der Waals surface area contributed by atoms with E-state index in [-0.39, 0.29) is 5.63 Å². The van der Waals surface area contributed by atoms with Crippen LogP contribution in [-0.2, 0) is 12.8 Å². The molecule has 2 nitrogen and oxygen atoms in total. The molecule has 0 radical (unpaired) electrons. The molecule has 0 aromatic carbocycles. The second-order valence-electron chi connectivity index (χ2n) is 6.21. The molecule has 0 spiro atoms. The Balaban J connectivity index is 2.29. The number of hydrogen-bond donors (Lipinski definition) is 0.